The number of aryl methyl sites for hydroxylation is 2. The molecule has 1 fully saturated rings. The first kappa shape index (κ1) is 17.9. The molecule has 0 amide bonds. The minimum absolute atomic E-state index is 0.340. The Morgan fingerprint density at radius 3 is 2.60 bits per heavy atom. The van der Waals surface area contributed by atoms with E-state index in [9.17, 15) is 4.39 Å². The maximum absolute atomic E-state index is 13.5. The number of nitrogens with one attached hydrogen (secondary N) is 1. The summed E-state index contributed by atoms with van der Waals surface area (Å²) in [6.07, 6.45) is 4.18. The van der Waals surface area contributed by atoms with Crippen LogP contribution in [0.4, 0.5) is 10.1 Å². The number of hydrazine groups is 1. The molecule has 1 N–H and O–H groups in total. The summed E-state index contributed by atoms with van der Waals surface area (Å²) in [6.45, 7) is 6.05. The lowest BCUT2D eigenvalue weighted by Crippen LogP contribution is -2.33. The predicted molar refractivity (Wildman–Crippen MR) is 102 cm³/mol. The second kappa shape index (κ2) is 7.97. The predicted octanol–water partition coefficient (Wildman–Crippen LogP) is 5.26. The van der Waals surface area contributed by atoms with Gasteiger partial charge in [0.2, 0.25) is 0 Å². The van der Waals surface area contributed by atoms with E-state index in [1.165, 1.54) is 25.0 Å². The van der Waals surface area contributed by atoms with E-state index in [4.69, 9.17) is 4.74 Å². The molecule has 0 bridgehead atoms. The lowest BCUT2D eigenvalue weighted by atomic mass is 10.1. The zero-order valence-electron chi connectivity index (χ0n) is 14.4. The van der Waals surface area contributed by atoms with E-state index in [0.717, 1.165) is 29.9 Å². The number of halogens is 2. The summed E-state index contributed by atoms with van der Waals surface area (Å²) in [5.41, 5.74) is 6.03. The van der Waals surface area contributed by atoms with Crippen molar-refractivity contribution in [3.8, 4) is 11.5 Å². The number of ether oxygens (including phenoxy) is 1. The number of nitrogens with zero attached hydrogens (tertiary/aromatic N) is 2. The van der Waals surface area contributed by atoms with Crippen molar-refractivity contribution in [2.24, 2.45) is 4.99 Å². The molecule has 1 heterocycles. The van der Waals surface area contributed by atoms with Gasteiger partial charge in [-0.15, -0.1) is 0 Å². The number of benzene rings is 2. The average Bonchev–Trinajstić information content (AvgIpc) is 3.04. The van der Waals surface area contributed by atoms with Gasteiger partial charge in [-0.25, -0.2) is 14.4 Å². The molecule has 0 aliphatic carbocycles. The van der Waals surface area contributed by atoms with Gasteiger partial charge in [-0.2, -0.15) is 0 Å². The zero-order chi connectivity index (χ0) is 17.8. The molecular weight excluding hydrogens is 385 g/mol. The van der Waals surface area contributed by atoms with Crippen LogP contribution in [0.5, 0.6) is 11.5 Å². The van der Waals surface area contributed by atoms with Gasteiger partial charge < -0.3 is 10.2 Å². The fourth-order valence-electron chi connectivity index (χ4n) is 2.76. The van der Waals surface area contributed by atoms with E-state index < -0.39 is 0 Å². The fraction of sp³-hybridized carbons (Fsp3) is 0.316. The van der Waals surface area contributed by atoms with Crippen LogP contribution in [0.3, 0.4) is 0 Å². The SMILES string of the molecule is Cc1cc(Oc2cc(F)cc(Br)c2)c(C)cc1N=CNN1CCCC1. The Labute approximate surface area is 155 Å². The zero-order valence-corrected chi connectivity index (χ0v) is 15.9. The highest BCUT2D eigenvalue weighted by molar-refractivity contribution is 9.10. The molecule has 2 aromatic carbocycles. The van der Waals surface area contributed by atoms with Crippen LogP contribution < -0.4 is 10.2 Å². The molecule has 0 saturated carbocycles. The first-order valence-corrected chi connectivity index (χ1v) is 9.09. The summed E-state index contributed by atoms with van der Waals surface area (Å²) >= 11 is 3.28. The van der Waals surface area contributed by atoms with Crippen molar-refractivity contribution in [3.63, 3.8) is 0 Å². The maximum Gasteiger partial charge on any atom is 0.131 e. The second-order valence-corrected chi connectivity index (χ2v) is 7.11. The van der Waals surface area contributed by atoms with Gasteiger partial charge in [-0.1, -0.05) is 15.9 Å². The van der Waals surface area contributed by atoms with Crippen LogP contribution in [0.15, 0.2) is 39.8 Å². The van der Waals surface area contributed by atoms with E-state index in [1.54, 1.807) is 12.4 Å². The van der Waals surface area contributed by atoms with Crippen molar-refractivity contribution < 1.29 is 9.13 Å². The van der Waals surface area contributed by atoms with E-state index in [0.29, 0.717) is 16.0 Å². The van der Waals surface area contributed by atoms with Crippen LogP contribution in [-0.4, -0.2) is 24.4 Å². The molecule has 0 atom stereocenters. The normalized spacial score (nSPS) is 15.0. The lowest BCUT2D eigenvalue weighted by Gasteiger charge is -2.14. The molecule has 4 nitrogen and oxygen atoms in total. The minimum Gasteiger partial charge on any atom is -0.457 e. The molecule has 0 aromatic heterocycles. The van der Waals surface area contributed by atoms with Crippen molar-refractivity contribution in [2.45, 2.75) is 26.7 Å². The highest BCUT2D eigenvalue weighted by atomic mass is 79.9. The van der Waals surface area contributed by atoms with Crippen LogP contribution >= 0.6 is 15.9 Å². The third-order valence-electron chi connectivity index (χ3n) is 4.11. The lowest BCUT2D eigenvalue weighted by molar-refractivity contribution is 0.300. The van der Waals surface area contributed by atoms with Crippen LogP contribution in [0.1, 0.15) is 24.0 Å². The molecule has 1 aliphatic heterocycles. The van der Waals surface area contributed by atoms with Gasteiger partial charge >= 0.3 is 0 Å². The molecule has 6 heteroatoms. The fourth-order valence-corrected chi connectivity index (χ4v) is 3.21. The molecule has 1 saturated heterocycles. The number of aliphatic imine (C=N–C) groups is 1. The second-order valence-electron chi connectivity index (χ2n) is 6.19. The van der Waals surface area contributed by atoms with Crippen molar-refractivity contribution >= 4 is 28.0 Å². The Bertz CT molecular complexity index is 768. The third-order valence-corrected chi connectivity index (χ3v) is 4.57. The largest absolute Gasteiger partial charge is 0.457 e. The monoisotopic (exact) mass is 405 g/mol. The number of hydrogen-bond donors (Lipinski definition) is 1. The molecule has 132 valence electrons. The number of rotatable bonds is 5. The van der Waals surface area contributed by atoms with Crippen LogP contribution in [0, 0.1) is 19.7 Å². The summed E-state index contributed by atoms with van der Waals surface area (Å²) in [5, 5.41) is 2.16. The van der Waals surface area contributed by atoms with Gasteiger partial charge in [0.05, 0.1) is 5.69 Å². The minimum atomic E-state index is -0.340. The van der Waals surface area contributed by atoms with Gasteiger partial charge in [-0.05, 0) is 62.1 Å². The Balaban J connectivity index is 1.73. The smallest absolute Gasteiger partial charge is 0.131 e. The summed E-state index contributed by atoms with van der Waals surface area (Å²) in [4.78, 5) is 4.51. The van der Waals surface area contributed by atoms with E-state index >= 15 is 0 Å². The maximum atomic E-state index is 13.5. The first-order valence-electron chi connectivity index (χ1n) is 8.30. The Kier molecular flexibility index (Phi) is 5.71. The Hall–Kier alpha value is -1.92. The van der Waals surface area contributed by atoms with Crippen LogP contribution in [0.2, 0.25) is 0 Å². The molecule has 1 aliphatic rings. The summed E-state index contributed by atoms with van der Waals surface area (Å²) < 4.78 is 20.0. The highest BCUT2D eigenvalue weighted by Crippen LogP contribution is 2.32. The topological polar surface area (TPSA) is 36.9 Å². The summed E-state index contributed by atoms with van der Waals surface area (Å²) in [7, 11) is 0. The van der Waals surface area contributed by atoms with Gasteiger partial charge in [0, 0.05) is 23.6 Å². The molecule has 0 spiro atoms. The molecular formula is C19H21BrFN3O. The molecule has 25 heavy (non-hydrogen) atoms. The van der Waals surface area contributed by atoms with Gasteiger partial charge in [-0.3, -0.25) is 0 Å². The van der Waals surface area contributed by atoms with Crippen molar-refractivity contribution in [3.05, 3.63) is 51.7 Å². The van der Waals surface area contributed by atoms with E-state index in [2.05, 4.69) is 31.4 Å². The standard InChI is InChI=1S/C19H21BrFN3O/c1-13-8-19(25-17-10-15(20)9-16(21)11-17)14(2)7-18(13)22-12-23-24-5-3-4-6-24/h7-12H,3-6H2,1-2H3,(H,22,23). The van der Waals surface area contributed by atoms with Crippen molar-refractivity contribution in [2.75, 3.05) is 13.1 Å². The van der Waals surface area contributed by atoms with Crippen LogP contribution in [0.25, 0.3) is 0 Å². The van der Waals surface area contributed by atoms with Crippen LogP contribution in [-0.2, 0) is 0 Å². The average molecular weight is 406 g/mol. The Morgan fingerprint density at radius 2 is 1.88 bits per heavy atom. The van der Waals surface area contributed by atoms with Gasteiger partial charge in [0.1, 0.15) is 23.7 Å². The Morgan fingerprint density at radius 1 is 1.12 bits per heavy atom. The van der Waals surface area contributed by atoms with Crippen molar-refractivity contribution in [1.29, 1.82) is 0 Å². The highest BCUT2D eigenvalue weighted by Gasteiger charge is 2.10. The van der Waals surface area contributed by atoms with Gasteiger partial charge in [0.25, 0.3) is 0 Å². The summed E-state index contributed by atoms with van der Waals surface area (Å²) in [5.74, 6) is 0.815. The van der Waals surface area contributed by atoms with E-state index in [1.807, 2.05) is 26.0 Å². The third kappa shape index (κ3) is 4.80. The molecule has 0 unspecified atom stereocenters. The molecule has 2 aromatic rings. The van der Waals surface area contributed by atoms with Crippen molar-refractivity contribution in [1.82, 2.24) is 10.4 Å². The first-order chi connectivity index (χ1) is 12.0. The molecule has 0 radical (unpaired) electrons. The quantitative estimate of drug-likeness (QED) is 0.544. The van der Waals surface area contributed by atoms with Gasteiger partial charge in [0.15, 0.2) is 0 Å². The van der Waals surface area contributed by atoms with E-state index in [-0.39, 0.29) is 5.82 Å². The molecule has 3 rings (SSSR count). The number of hydrogen-bond acceptors (Lipinski definition) is 3. The summed E-state index contributed by atoms with van der Waals surface area (Å²) in [6, 6.07) is 8.41.